The molecule has 0 fully saturated rings. The number of halogens is 1. The molecule has 18 heavy (non-hydrogen) atoms. The standard InChI is InChI=1S/C15H25FN2/c1-13(2)6-5-9-17-10-11-18(3)15-8-4-7-14(16)12-15/h4,7-8,12-13,17H,5-6,9-11H2,1-3H3. The Labute approximate surface area is 110 Å². The second-order valence-corrected chi connectivity index (χ2v) is 5.19. The molecular formula is C15H25FN2. The van der Waals surface area contributed by atoms with E-state index in [2.05, 4.69) is 24.1 Å². The monoisotopic (exact) mass is 252 g/mol. The molecule has 0 saturated heterocycles. The minimum atomic E-state index is -0.177. The predicted molar refractivity (Wildman–Crippen MR) is 76.6 cm³/mol. The summed E-state index contributed by atoms with van der Waals surface area (Å²) in [5.74, 6) is 0.603. The van der Waals surface area contributed by atoms with Gasteiger partial charge in [-0.1, -0.05) is 19.9 Å². The first-order chi connectivity index (χ1) is 8.59. The molecule has 0 heterocycles. The van der Waals surface area contributed by atoms with E-state index in [1.807, 2.05) is 13.1 Å². The molecule has 0 unspecified atom stereocenters. The van der Waals surface area contributed by atoms with E-state index in [-0.39, 0.29) is 5.82 Å². The van der Waals surface area contributed by atoms with Crippen molar-refractivity contribution in [1.29, 1.82) is 0 Å². The third kappa shape index (κ3) is 6.01. The molecule has 0 aromatic heterocycles. The van der Waals surface area contributed by atoms with Crippen LogP contribution in [0.25, 0.3) is 0 Å². The molecule has 1 aromatic carbocycles. The number of nitrogens with one attached hydrogen (secondary N) is 1. The van der Waals surface area contributed by atoms with Crippen LogP contribution in [0.4, 0.5) is 10.1 Å². The lowest BCUT2D eigenvalue weighted by Crippen LogP contribution is -2.29. The molecule has 0 aliphatic rings. The number of likely N-dealkylation sites (N-methyl/N-ethyl adjacent to an activating group) is 1. The highest BCUT2D eigenvalue weighted by atomic mass is 19.1. The maximum absolute atomic E-state index is 13.0. The summed E-state index contributed by atoms with van der Waals surface area (Å²) in [4.78, 5) is 2.07. The Balaban J connectivity index is 2.15. The highest BCUT2D eigenvalue weighted by molar-refractivity contribution is 5.45. The molecule has 1 N–H and O–H groups in total. The van der Waals surface area contributed by atoms with E-state index >= 15 is 0 Å². The number of hydrogen-bond donors (Lipinski definition) is 1. The maximum Gasteiger partial charge on any atom is 0.125 e. The van der Waals surface area contributed by atoms with E-state index in [1.54, 1.807) is 12.1 Å². The first-order valence-corrected chi connectivity index (χ1v) is 6.77. The fourth-order valence-corrected chi connectivity index (χ4v) is 1.85. The normalized spacial score (nSPS) is 10.9. The van der Waals surface area contributed by atoms with E-state index < -0.39 is 0 Å². The Kier molecular flexibility index (Phi) is 6.73. The first-order valence-electron chi connectivity index (χ1n) is 6.77. The maximum atomic E-state index is 13.0. The van der Waals surface area contributed by atoms with Gasteiger partial charge >= 0.3 is 0 Å². The van der Waals surface area contributed by atoms with Crippen LogP contribution in [0.5, 0.6) is 0 Å². The zero-order valence-electron chi connectivity index (χ0n) is 11.7. The zero-order valence-corrected chi connectivity index (χ0v) is 11.7. The van der Waals surface area contributed by atoms with Crippen LogP contribution in [-0.4, -0.2) is 26.7 Å². The summed E-state index contributed by atoms with van der Waals surface area (Å²) in [6.45, 7) is 7.39. The molecule has 0 aliphatic heterocycles. The molecule has 0 bridgehead atoms. The van der Waals surface area contributed by atoms with Crippen LogP contribution in [0.1, 0.15) is 26.7 Å². The minimum Gasteiger partial charge on any atom is -0.373 e. The quantitative estimate of drug-likeness (QED) is 0.714. The van der Waals surface area contributed by atoms with Crippen LogP contribution in [0, 0.1) is 11.7 Å². The summed E-state index contributed by atoms with van der Waals surface area (Å²) in [7, 11) is 1.99. The Hall–Kier alpha value is -1.09. The third-order valence-corrected chi connectivity index (χ3v) is 3.01. The van der Waals surface area contributed by atoms with Gasteiger partial charge in [-0.2, -0.15) is 0 Å². The summed E-state index contributed by atoms with van der Waals surface area (Å²) in [6.07, 6.45) is 2.49. The van der Waals surface area contributed by atoms with E-state index in [9.17, 15) is 4.39 Å². The van der Waals surface area contributed by atoms with Crippen LogP contribution in [0.2, 0.25) is 0 Å². The fourth-order valence-electron chi connectivity index (χ4n) is 1.85. The number of hydrogen-bond acceptors (Lipinski definition) is 2. The average Bonchev–Trinajstić information content (AvgIpc) is 2.33. The summed E-state index contributed by atoms with van der Waals surface area (Å²) < 4.78 is 13.0. The topological polar surface area (TPSA) is 15.3 Å². The molecule has 0 aliphatic carbocycles. The Morgan fingerprint density at radius 2 is 2.06 bits per heavy atom. The lowest BCUT2D eigenvalue weighted by Gasteiger charge is -2.19. The van der Waals surface area contributed by atoms with Gasteiger partial charge in [0, 0.05) is 25.8 Å². The molecular weight excluding hydrogens is 227 g/mol. The van der Waals surface area contributed by atoms with Gasteiger partial charge in [0.05, 0.1) is 0 Å². The van der Waals surface area contributed by atoms with Gasteiger partial charge < -0.3 is 10.2 Å². The van der Waals surface area contributed by atoms with Crippen LogP contribution >= 0.6 is 0 Å². The van der Waals surface area contributed by atoms with E-state index in [0.717, 1.165) is 31.2 Å². The van der Waals surface area contributed by atoms with E-state index in [1.165, 1.54) is 18.9 Å². The summed E-state index contributed by atoms with van der Waals surface area (Å²) in [5, 5.41) is 3.42. The van der Waals surface area contributed by atoms with Gasteiger partial charge in [-0.25, -0.2) is 4.39 Å². The molecule has 0 atom stereocenters. The number of rotatable bonds is 8. The molecule has 2 nitrogen and oxygen atoms in total. The van der Waals surface area contributed by atoms with Crippen LogP contribution in [0.3, 0.4) is 0 Å². The molecule has 1 aromatic rings. The molecule has 0 saturated carbocycles. The Morgan fingerprint density at radius 3 is 2.72 bits per heavy atom. The number of benzene rings is 1. The SMILES string of the molecule is CC(C)CCCNCCN(C)c1cccc(F)c1. The van der Waals surface area contributed by atoms with Crippen molar-refractivity contribution in [3.63, 3.8) is 0 Å². The first kappa shape index (κ1) is 15.0. The molecule has 102 valence electrons. The largest absolute Gasteiger partial charge is 0.373 e. The second kappa shape index (κ2) is 8.09. The number of nitrogens with zero attached hydrogens (tertiary/aromatic N) is 1. The van der Waals surface area contributed by atoms with Gasteiger partial charge in [-0.05, 0) is 43.5 Å². The van der Waals surface area contributed by atoms with E-state index in [4.69, 9.17) is 0 Å². The lowest BCUT2D eigenvalue weighted by atomic mass is 10.1. The van der Waals surface area contributed by atoms with E-state index in [0.29, 0.717) is 0 Å². The van der Waals surface area contributed by atoms with Gasteiger partial charge in [0.1, 0.15) is 5.82 Å². The predicted octanol–water partition coefficient (Wildman–Crippen LogP) is 3.29. The van der Waals surface area contributed by atoms with Gasteiger partial charge in [0.25, 0.3) is 0 Å². The average molecular weight is 252 g/mol. The Morgan fingerprint density at radius 1 is 1.28 bits per heavy atom. The van der Waals surface area contributed by atoms with Crippen molar-refractivity contribution < 1.29 is 4.39 Å². The van der Waals surface area contributed by atoms with Crippen LogP contribution < -0.4 is 10.2 Å². The molecule has 0 amide bonds. The van der Waals surface area contributed by atoms with Gasteiger partial charge in [-0.3, -0.25) is 0 Å². The summed E-state index contributed by atoms with van der Waals surface area (Å²) in [5.41, 5.74) is 0.930. The van der Waals surface area contributed by atoms with Crippen molar-refractivity contribution in [1.82, 2.24) is 5.32 Å². The van der Waals surface area contributed by atoms with Crippen molar-refractivity contribution in [3.05, 3.63) is 30.1 Å². The smallest absolute Gasteiger partial charge is 0.125 e. The molecule has 0 spiro atoms. The van der Waals surface area contributed by atoms with Crippen LogP contribution in [-0.2, 0) is 0 Å². The lowest BCUT2D eigenvalue weighted by molar-refractivity contribution is 0.529. The summed E-state index contributed by atoms with van der Waals surface area (Å²) >= 11 is 0. The van der Waals surface area contributed by atoms with Gasteiger partial charge in [-0.15, -0.1) is 0 Å². The third-order valence-electron chi connectivity index (χ3n) is 3.01. The molecule has 3 heteroatoms. The van der Waals surface area contributed by atoms with Crippen molar-refractivity contribution >= 4 is 5.69 Å². The Bertz CT molecular complexity index is 339. The van der Waals surface area contributed by atoms with Crippen molar-refractivity contribution in [2.45, 2.75) is 26.7 Å². The highest BCUT2D eigenvalue weighted by Crippen LogP contribution is 2.12. The molecule has 1 rings (SSSR count). The van der Waals surface area contributed by atoms with Crippen molar-refractivity contribution in [3.8, 4) is 0 Å². The second-order valence-electron chi connectivity index (χ2n) is 5.19. The fraction of sp³-hybridized carbons (Fsp3) is 0.600. The van der Waals surface area contributed by atoms with Crippen LogP contribution in [0.15, 0.2) is 24.3 Å². The van der Waals surface area contributed by atoms with Crippen molar-refractivity contribution in [2.24, 2.45) is 5.92 Å². The zero-order chi connectivity index (χ0) is 13.4. The highest BCUT2D eigenvalue weighted by Gasteiger charge is 2.01. The van der Waals surface area contributed by atoms with Crippen molar-refractivity contribution in [2.75, 3.05) is 31.6 Å². The summed E-state index contributed by atoms with van der Waals surface area (Å²) in [6, 6.07) is 6.72. The minimum absolute atomic E-state index is 0.177. The molecule has 0 radical (unpaired) electrons. The van der Waals surface area contributed by atoms with Gasteiger partial charge in [0.2, 0.25) is 0 Å². The number of anilines is 1. The van der Waals surface area contributed by atoms with Gasteiger partial charge in [0.15, 0.2) is 0 Å².